The maximum absolute atomic E-state index is 12.0. The van der Waals surface area contributed by atoms with Crippen LogP contribution >= 0.6 is 0 Å². The number of allylic oxidation sites excluding steroid dienone is 1. The van der Waals surface area contributed by atoms with Crippen LogP contribution in [-0.2, 0) is 67.1 Å². The molecule has 0 radical (unpaired) electrons. The summed E-state index contributed by atoms with van der Waals surface area (Å²) in [5.41, 5.74) is 9.18. The molecule has 2 atom stereocenters. The molecule has 0 N–H and O–H groups in total. The summed E-state index contributed by atoms with van der Waals surface area (Å²) < 4.78 is 8.13. The molecule has 1 aromatic carbocycles. The number of benzene rings is 1. The van der Waals surface area contributed by atoms with Gasteiger partial charge in [0.25, 0.3) is 27.8 Å². The zero-order valence-electron chi connectivity index (χ0n) is 60.8. The first kappa shape index (κ1) is 73.8. The van der Waals surface area contributed by atoms with Gasteiger partial charge in [-0.05, 0) is 95.9 Å². The zero-order chi connectivity index (χ0) is 71.5. The Hall–Kier alpha value is -9.58. The summed E-state index contributed by atoms with van der Waals surface area (Å²) in [6.07, 6.45) is 26.9. The van der Waals surface area contributed by atoms with E-state index in [4.69, 9.17) is 0 Å². The molecule has 1 amide bonds. The number of carbonyl (C=O) groups is 1. The van der Waals surface area contributed by atoms with E-state index in [2.05, 4.69) is 155 Å². The van der Waals surface area contributed by atoms with E-state index >= 15 is 0 Å². The zero-order valence-corrected chi connectivity index (χ0v) is 60.8. The third-order valence-electron chi connectivity index (χ3n) is 17.0. The fourth-order valence-corrected chi connectivity index (χ4v) is 11.7. The van der Waals surface area contributed by atoms with Gasteiger partial charge >= 0.3 is 0 Å². The van der Waals surface area contributed by atoms with Crippen molar-refractivity contribution in [1.82, 2.24) is 52.7 Å². The summed E-state index contributed by atoms with van der Waals surface area (Å²) in [6, 6.07) is 17.2. The summed E-state index contributed by atoms with van der Waals surface area (Å²) >= 11 is 0. The molecule has 506 valence electrons. The van der Waals surface area contributed by atoms with Crippen molar-refractivity contribution < 1.29 is 4.79 Å². The number of aryl methyl sites for hydroxylation is 5. The van der Waals surface area contributed by atoms with Crippen molar-refractivity contribution in [3.63, 3.8) is 0 Å². The van der Waals surface area contributed by atoms with Gasteiger partial charge < -0.3 is 27.7 Å². The van der Waals surface area contributed by atoms with Gasteiger partial charge in [0, 0.05) is 151 Å². The molecule has 18 nitrogen and oxygen atoms in total. The lowest BCUT2D eigenvalue weighted by molar-refractivity contribution is -0.131. The van der Waals surface area contributed by atoms with E-state index in [-0.39, 0.29) is 78.0 Å². The fraction of sp³-hybridized carbons (Fsp3) is 0.410. The van der Waals surface area contributed by atoms with Gasteiger partial charge in [-0.1, -0.05) is 155 Å². The molecule has 0 bridgehead atoms. The molecule has 96 heavy (non-hydrogen) atoms. The maximum atomic E-state index is 12.0. The number of pyridine rings is 8. The minimum atomic E-state index is -0.0678. The standard InChI is InChI=1S/C14H17NO.C13H18N2O.3C13H16N2O.C12H15N3O/c1-14(2,3)12-9-15(4)13(16)11-8-6-5-7-10(11)12;1-13(2,3)11-8-15(4)12(16)9-5-6-14-7-10(9)11;1-13(2,3)11-8-15(4)12(16)10-7-14-6-5-9(10)11;1-13(2,3)10-8-15(4)12(16)9-6-5-7-14-11(9)10;1-13(2,3)10-8-15(4)12(16)11-9(10)6-5-7-14-11;1-12(2,3)9-6-15(4)11(16)8-5-13-7-14-10(8)9/h5-9H,1-4H3;5-10H,1-4H3;3*5-8H,1-4H3;5-7H,1-4H3. The average molecular weight is 1300 g/mol. The van der Waals surface area contributed by atoms with E-state index in [9.17, 15) is 28.8 Å². The lowest BCUT2D eigenvalue weighted by Gasteiger charge is -2.38. The molecule has 0 fully saturated rings. The SMILES string of the molecule is CN1C=C(C(C)(C)C)C2C=NC=CC2C1=O.Cn1cc(C(C)(C)C)c2ccccc2c1=O.Cn1cc(C(C)(C)C)c2cccnc2c1=O.Cn1cc(C(C)(C)C)c2ccncc2c1=O.Cn1cc(C(C)(C)C)c2ncccc2c1=O.Cn1cc(C(C)(C)C)c2ncncc2c1=O. The first-order chi connectivity index (χ1) is 44.5. The highest BCUT2D eigenvalue weighted by Gasteiger charge is 2.39. The van der Waals surface area contributed by atoms with Crippen molar-refractivity contribution in [2.45, 2.75) is 152 Å². The molecule has 0 aliphatic carbocycles. The van der Waals surface area contributed by atoms with Crippen molar-refractivity contribution in [2.24, 2.45) is 57.5 Å². The van der Waals surface area contributed by atoms with Crippen molar-refractivity contribution >= 4 is 66.4 Å². The summed E-state index contributed by atoms with van der Waals surface area (Å²) in [5.74, 6) is 0.218. The topological polar surface area (TPSA) is 207 Å². The Labute approximate surface area is 563 Å². The minimum absolute atomic E-state index is 0.00669. The molecule has 9 aromatic heterocycles. The second kappa shape index (κ2) is 28.4. The molecule has 18 heteroatoms. The van der Waals surface area contributed by atoms with Crippen LogP contribution in [0.1, 0.15) is 152 Å². The van der Waals surface area contributed by atoms with Gasteiger partial charge in [-0.15, -0.1) is 0 Å². The van der Waals surface area contributed by atoms with Crippen LogP contribution in [0.2, 0.25) is 0 Å². The number of aliphatic imine (C=N–C) groups is 1. The predicted octanol–water partition coefficient (Wildman–Crippen LogP) is 13.4. The summed E-state index contributed by atoms with van der Waals surface area (Å²) in [6.45, 7) is 38.6. The van der Waals surface area contributed by atoms with Gasteiger partial charge in [0.15, 0.2) is 0 Å². The van der Waals surface area contributed by atoms with Crippen LogP contribution in [0.25, 0.3) is 54.3 Å². The van der Waals surface area contributed by atoms with E-state index < -0.39 is 0 Å². The van der Waals surface area contributed by atoms with Crippen LogP contribution in [-0.4, -0.2) is 71.8 Å². The Morgan fingerprint density at radius 3 is 1.26 bits per heavy atom. The van der Waals surface area contributed by atoms with Crippen molar-refractivity contribution in [3.8, 4) is 0 Å². The van der Waals surface area contributed by atoms with Gasteiger partial charge in [-0.25, -0.2) is 9.97 Å². The third kappa shape index (κ3) is 16.5. The number of carbonyl (C=O) groups excluding carboxylic acids is 1. The average Bonchev–Trinajstić information content (AvgIpc) is 0.827. The van der Waals surface area contributed by atoms with E-state index in [1.165, 1.54) is 23.0 Å². The Bertz CT molecular complexity index is 4330. The van der Waals surface area contributed by atoms with Crippen molar-refractivity contribution in [3.05, 3.63) is 227 Å². The number of hydrogen-bond acceptors (Lipinski definition) is 12. The smallest absolute Gasteiger partial charge is 0.276 e. The van der Waals surface area contributed by atoms with Crippen molar-refractivity contribution in [2.75, 3.05) is 7.05 Å². The first-order valence-corrected chi connectivity index (χ1v) is 32.4. The number of amides is 1. The molecule has 12 rings (SSSR count). The summed E-state index contributed by atoms with van der Waals surface area (Å²) in [7, 11) is 10.7. The molecule has 0 saturated heterocycles. The maximum Gasteiger partial charge on any atom is 0.276 e. The second-order valence-electron chi connectivity index (χ2n) is 31.1. The highest BCUT2D eigenvalue weighted by atomic mass is 16.2. The predicted molar refractivity (Wildman–Crippen MR) is 393 cm³/mol. The lowest BCUT2D eigenvalue weighted by atomic mass is 9.72. The summed E-state index contributed by atoms with van der Waals surface area (Å²) in [4.78, 5) is 98.2. The van der Waals surface area contributed by atoms with Crippen LogP contribution in [0.15, 0.2) is 176 Å². The van der Waals surface area contributed by atoms with Gasteiger partial charge in [-0.2, -0.15) is 0 Å². The first-order valence-electron chi connectivity index (χ1n) is 32.4. The highest BCUT2D eigenvalue weighted by molar-refractivity contribution is 5.90. The largest absolute Gasteiger partial charge is 0.322 e. The molecule has 2 aliphatic rings. The van der Waals surface area contributed by atoms with E-state index in [1.807, 2.05) is 112 Å². The van der Waals surface area contributed by atoms with E-state index in [0.717, 1.165) is 49.3 Å². The number of aromatic nitrogens is 10. The molecule has 2 aliphatic heterocycles. The van der Waals surface area contributed by atoms with E-state index in [1.54, 1.807) is 99.2 Å². The number of nitrogens with zero attached hydrogens (tertiary/aromatic N) is 12. The Kier molecular flexibility index (Phi) is 21.8. The molecular formula is C78H98N12O6. The molecule has 10 aromatic rings. The number of hydrogen-bond donors (Lipinski definition) is 0. The Morgan fingerprint density at radius 1 is 0.354 bits per heavy atom. The fourth-order valence-electron chi connectivity index (χ4n) is 11.7. The van der Waals surface area contributed by atoms with Crippen molar-refractivity contribution in [1.29, 1.82) is 0 Å². The highest BCUT2D eigenvalue weighted by Crippen LogP contribution is 2.40. The van der Waals surface area contributed by atoms with E-state index in [0.29, 0.717) is 21.7 Å². The molecule has 11 heterocycles. The normalized spacial score (nSPS) is 14.9. The second-order valence-corrected chi connectivity index (χ2v) is 31.1. The van der Waals surface area contributed by atoms with Crippen LogP contribution in [0.4, 0.5) is 0 Å². The monoisotopic (exact) mass is 1300 g/mol. The molecule has 0 spiro atoms. The number of fused-ring (bicyclic) bond motifs is 6. The molecular weight excluding hydrogens is 1200 g/mol. The van der Waals surface area contributed by atoms with Crippen LogP contribution in [0.3, 0.4) is 0 Å². The van der Waals surface area contributed by atoms with Crippen LogP contribution in [0.5, 0.6) is 0 Å². The molecule has 0 saturated carbocycles. The van der Waals surface area contributed by atoms with Crippen LogP contribution < -0.4 is 27.8 Å². The minimum Gasteiger partial charge on any atom is -0.322 e. The molecule has 2 unspecified atom stereocenters. The summed E-state index contributed by atoms with van der Waals surface area (Å²) in [5, 5.41) is 5.80. The van der Waals surface area contributed by atoms with Gasteiger partial charge in [-0.3, -0.25) is 48.7 Å². The van der Waals surface area contributed by atoms with Gasteiger partial charge in [0.2, 0.25) is 5.91 Å². The Morgan fingerprint density at radius 2 is 0.750 bits per heavy atom. The van der Waals surface area contributed by atoms with Gasteiger partial charge in [0.05, 0.1) is 33.1 Å². The Balaban J connectivity index is 0.000000163. The number of rotatable bonds is 0. The van der Waals surface area contributed by atoms with Crippen LogP contribution in [0, 0.1) is 17.3 Å². The quantitative estimate of drug-likeness (QED) is 0.139. The van der Waals surface area contributed by atoms with Gasteiger partial charge in [0.1, 0.15) is 11.8 Å². The third-order valence-corrected chi connectivity index (χ3v) is 17.0. The lowest BCUT2D eigenvalue weighted by Crippen LogP contribution is -2.42.